The van der Waals surface area contributed by atoms with Crippen molar-refractivity contribution < 1.29 is 19.1 Å². The summed E-state index contributed by atoms with van der Waals surface area (Å²) in [7, 11) is 1.60. The third-order valence-corrected chi connectivity index (χ3v) is 5.57. The Morgan fingerprint density at radius 1 is 1.03 bits per heavy atom. The molecule has 1 aromatic carbocycles. The van der Waals surface area contributed by atoms with Crippen molar-refractivity contribution in [1.29, 1.82) is 0 Å². The molecule has 0 radical (unpaired) electrons. The Morgan fingerprint density at radius 2 is 1.76 bits per heavy atom. The highest BCUT2D eigenvalue weighted by atomic mass is 16.5. The van der Waals surface area contributed by atoms with Crippen LogP contribution in [0.1, 0.15) is 46.5 Å². The van der Waals surface area contributed by atoms with Gasteiger partial charge in [0.1, 0.15) is 23.3 Å². The van der Waals surface area contributed by atoms with Crippen LogP contribution in [0.5, 0.6) is 11.5 Å². The predicted octanol–water partition coefficient (Wildman–Crippen LogP) is 2.34. The van der Waals surface area contributed by atoms with Gasteiger partial charge in [0.05, 0.1) is 12.7 Å². The van der Waals surface area contributed by atoms with Crippen LogP contribution < -0.4 is 9.47 Å². The lowest BCUT2D eigenvalue weighted by Gasteiger charge is -2.32. The molecule has 0 saturated carbocycles. The summed E-state index contributed by atoms with van der Waals surface area (Å²) in [6, 6.07) is 7.04. The first-order valence-electron chi connectivity index (χ1n) is 10.1. The van der Waals surface area contributed by atoms with Gasteiger partial charge < -0.3 is 19.3 Å². The lowest BCUT2D eigenvalue weighted by Crippen LogP contribution is -2.42. The van der Waals surface area contributed by atoms with Crippen molar-refractivity contribution in [3.63, 3.8) is 0 Å². The molecule has 2 saturated heterocycles. The number of nitrogens with zero attached hydrogens (tertiary/aromatic N) is 3. The summed E-state index contributed by atoms with van der Waals surface area (Å²) in [6.07, 6.45) is 5.01. The number of benzene rings is 1. The van der Waals surface area contributed by atoms with Gasteiger partial charge in [-0.3, -0.25) is 14.7 Å². The van der Waals surface area contributed by atoms with E-state index < -0.39 is 0 Å². The van der Waals surface area contributed by atoms with Gasteiger partial charge in [-0.05, 0) is 31.0 Å². The minimum absolute atomic E-state index is 0.00649. The van der Waals surface area contributed by atoms with Gasteiger partial charge in [-0.2, -0.15) is 5.10 Å². The third kappa shape index (κ3) is 4.21. The molecule has 2 amide bonds. The lowest BCUT2D eigenvalue weighted by atomic mass is 10.1. The topological polar surface area (TPSA) is 87.8 Å². The Kier molecular flexibility index (Phi) is 5.69. The zero-order valence-electron chi connectivity index (χ0n) is 16.6. The fraction of sp³-hybridized carbons (Fsp3) is 0.476. The zero-order valence-corrected chi connectivity index (χ0v) is 16.6. The van der Waals surface area contributed by atoms with Crippen molar-refractivity contribution in [2.75, 3.05) is 33.3 Å². The molecule has 8 nitrogen and oxygen atoms in total. The fourth-order valence-corrected chi connectivity index (χ4v) is 3.90. The van der Waals surface area contributed by atoms with Crippen LogP contribution in [-0.2, 0) is 0 Å². The maximum absolute atomic E-state index is 12.9. The number of ether oxygens (including phenoxy) is 2. The van der Waals surface area contributed by atoms with Crippen LogP contribution in [-0.4, -0.2) is 71.2 Å². The van der Waals surface area contributed by atoms with Crippen molar-refractivity contribution in [2.24, 2.45) is 0 Å². The van der Waals surface area contributed by atoms with Crippen molar-refractivity contribution in [3.05, 3.63) is 41.7 Å². The van der Waals surface area contributed by atoms with Gasteiger partial charge in [-0.1, -0.05) is 0 Å². The van der Waals surface area contributed by atoms with Crippen LogP contribution in [0.4, 0.5) is 0 Å². The monoisotopic (exact) mass is 398 g/mol. The Labute approximate surface area is 169 Å². The number of methoxy groups -OCH3 is 1. The van der Waals surface area contributed by atoms with Gasteiger partial charge in [0.15, 0.2) is 0 Å². The number of aromatic amines is 1. The van der Waals surface area contributed by atoms with E-state index in [9.17, 15) is 9.59 Å². The van der Waals surface area contributed by atoms with E-state index in [4.69, 9.17) is 9.47 Å². The van der Waals surface area contributed by atoms with Crippen molar-refractivity contribution in [2.45, 2.75) is 31.8 Å². The quantitative estimate of drug-likeness (QED) is 0.835. The summed E-state index contributed by atoms with van der Waals surface area (Å²) >= 11 is 0. The molecule has 0 aliphatic carbocycles. The fourth-order valence-electron chi connectivity index (χ4n) is 3.90. The number of amides is 2. The number of nitrogens with one attached hydrogen (secondary N) is 1. The second-order valence-electron chi connectivity index (χ2n) is 7.44. The smallest absolute Gasteiger partial charge is 0.271 e. The third-order valence-electron chi connectivity index (χ3n) is 5.57. The normalized spacial score (nSPS) is 17.4. The van der Waals surface area contributed by atoms with E-state index in [2.05, 4.69) is 10.2 Å². The first kappa shape index (κ1) is 19.3. The first-order chi connectivity index (χ1) is 14.2. The summed E-state index contributed by atoms with van der Waals surface area (Å²) in [5, 5.41) is 6.56. The minimum Gasteiger partial charge on any atom is -0.497 e. The average Bonchev–Trinajstić information content (AvgIpc) is 3.47. The summed E-state index contributed by atoms with van der Waals surface area (Å²) in [5.41, 5.74) is 1.07. The molecule has 3 heterocycles. The largest absolute Gasteiger partial charge is 0.497 e. The first-order valence-corrected chi connectivity index (χ1v) is 10.1. The number of hydrogen-bond acceptors (Lipinski definition) is 5. The van der Waals surface area contributed by atoms with E-state index in [-0.39, 0.29) is 17.9 Å². The number of carbonyl (C=O) groups excluding carboxylic acids is 2. The maximum Gasteiger partial charge on any atom is 0.271 e. The van der Waals surface area contributed by atoms with Crippen LogP contribution in [0.3, 0.4) is 0 Å². The summed E-state index contributed by atoms with van der Waals surface area (Å²) < 4.78 is 11.6. The van der Waals surface area contributed by atoms with E-state index in [0.29, 0.717) is 48.7 Å². The van der Waals surface area contributed by atoms with Crippen LogP contribution in [0.15, 0.2) is 30.5 Å². The lowest BCUT2D eigenvalue weighted by molar-refractivity contribution is 0.0586. The summed E-state index contributed by atoms with van der Waals surface area (Å²) in [5.74, 6) is 1.17. The molecule has 0 atom stereocenters. The van der Waals surface area contributed by atoms with Gasteiger partial charge in [0.25, 0.3) is 11.8 Å². The van der Waals surface area contributed by atoms with E-state index >= 15 is 0 Å². The van der Waals surface area contributed by atoms with Crippen LogP contribution in [0, 0.1) is 0 Å². The number of rotatable bonds is 5. The van der Waals surface area contributed by atoms with Crippen LogP contribution >= 0.6 is 0 Å². The van der Waals surface area contributed by atoms with Gasteiger partial charge in [-0.25, -0.2) is 0 Å². The molecule has 1 N–H and O–H groups in total. The Hall–Kier alpha value is -3.03. The van der Waals surface area contributed by atoms with Gasteiger partial charge in [-0.15, -0.1) is 0 Å². The molecule has 29 heavy (non-hydrogen) atoms. The number of H-pyrrole nitrogens is 1. The van der Waals surface area contributed by atoms with Crippen molar-refractivity contribution >= 4 is 11.8 Å². The average molecular weight is 398 g/mol. The van der Waals surface area contributed by atoms with Crippen molar-refractivity contribution in [3.8, 4) is 11.5 Å². The molecule has 0 unspecified atom stereocenters. The highest BCUT2D eigenvalue weighted by Crippen LogP contribution is 2.30. The maximum atomic E-state index is 12.9. The molecule has 2 aromatic rings. The zero-order chi connectivity index (χ0) is 20.2. The van der Waals surface area contributed by atoms with Crippen molar-refractivity contribution in [1.82, 2.24) is 20.0 Å². The molecule has 4 rings (SSSR count). The standard InChI is InChI=1S/C21H26N4O4/c1-28-16-4-5-17(20(26)24-10-2-3-11-24)19(14-16)29-15-7-12-25(13-8-15)21(27)18-6-9-22-23-18/h4-6,9,14-15H,2-3,7-8,10-13H2,1H3,(H,22,23). The Balaban J connectivity index is 1.43. The SMILES string of the molecule is COc1ccc(C(=O)N2CCCC2)c(OC2CCN(C(=O)c3ccn[nH]3)CC2)c1. The van der Waals surface area contributed by atoms with Crippen LogP contribution in [0.25, 0.3) is 0 Å². The molecular weight excluding hydrogens is 372 g/mol. The van der Waals surface area contributed by atoms with Gasteiger partial charge >= 0.3 is 0 Å². The molecule has 2 aliphatic rings. The summed E-state index contributed by atoms with van der Waals surface area (Å²) in [4.78, 5) is 29.0. The predicted molar refractivity (Wildman–Crippen MR) is 106 cm³/mol. The molecule has 2 fully saturated rings. The number of hydrogen-bond donors (Lipinski definition) is 1. The second kappa shape index (κ2) is 8.55. The highest BCUT2D eigenvalue weighted by molar-refractivity contribution is 5.97. The molecular formula is C21H26N4O4. The molecule has 154 valence electrons. The number of piperidine rings is 1. The molecule has 8 heteroatoms. The molecule has 2 aliphatic heterocycles. The van der Waals surface area contributed by atoms with Gasteiger partial charge in [0, 0.05) is 51.3 Å². The number of aromatic nitrogens is 2. The van der Waals surface area contributed by atoms with E-state index in [0.717, 1.165) is 25.9 Å². The number of likely N-dealkylation sites (tertiary alicyclic amines) is 2. The molecule has 1 aromatic heterocycles. The van der Waals surface area contributed by atoms with E-state index in [1.807, 2.05) is 4.90 Å². The molecule has 0 spiro atoms. The summed E-state index contributed by atoms with van der Waals surface area (Å²) in [6.45, 7) is 2.78. The Bertz CT molecular complexity index is 854. The second-order valence-corrected chi connectivity index (χ2v) is 7.44. The number of carbonyl (C=O) groups is 2. The van der Waals surface area contributed by atoms with Gasteiger partial charge in [0.2, 0.25) is 0 Å². The Morgan fingerprint density at radius 3 is 2.41 bits per heavy atom. The molecule has 0 bridgehead atoms. The van der Waals surface area contributed by atoms with Crippen LogP contribution in [0.2, 0.25) is 0 Å². The highest BCUT2D eigenvalue weighted by Gasteiger charge is 2.28. The van der Waals surface area contributed by atoms with E-state index in [1.165, 1.54) is 0 Å². The van der Waals surface area contributed by atoms with E-state index in [1.54, 1.807) is 42.5 Å². The minimum atomic E-state index is -0.0574.